The van der Waals surface area contributed by atoms with E-state index in [4.69, 9.17) is 0 Å². The number of hydrogen-bond acceptors (Lipinski definition) is 4. The quantitative estimate of drug-likeness (QED) is 0.859. The Morgan fingerprint density at radius 1 is 1.25 bits per heavy atom. The lowest BCUT2D eigenvalue weighted by molar-refractivity contribution is 0.108. The summed E-state index contributed by atoms with van der Waals surface area (Å²) < 4.78 is 2.00. The number of nitrogens with zero attached hydrogens (tertiary/aromatic N) is 4. The van der Waals surface area contributed by atoms with E-state index in [1.54, 1.807) is 0 Å². The maximum absolute atomic E-state index is 4.25. The molecule has 1 aliphatic carbocycles. The molecule has 0 aromatic carbocycles. The summed E-state index contributed by atoms with van der Waals surface area (Å²) in [7, 11) is 0. The minimum Gasteiger partial charge on any atom is -0.308 e. The molecule has 2 heterocycles. The number of likely N-dealkylation sites (tertiary alicyclic amines) is 1. The summed E-state index contributed by atoms with van der Waals surface area (Å²) >= 11 is 0. The fourth-order valence-electron chi connectivity index (χ4n) is 3.03. The molecule has 2 aliphatic rings. The molecule has 20 heavy (non-hydrogen) atoms. The first-order valence-electron chi connectivity index (χ1n) is 8.09. The van der Waals surface area contributed by atoms with Crippen LogP contribution in [0.3, 0.4) is 0 Å². The van der Waals surface area contributed by atoms with Crippen molar-refractivity contribution >= 4 is 0 Å². The van der Waals surface area contributed by atoms with Gasteiger partial charge in [0.2, 0.25) is 0 Å². The molecule has 0 bridgehead atoms. The average molecular weight is 277 g/mol. The predicted octanol–water partition coefficient (Wildman–Crippen LogP) is 1.65. The molecular weight excluding hydrogens is 250 g/mol. The second kappa shape index (κ2) is 6.22. The van der Waals surface area contributed by atoms with E-state index in [-0.39, 0.29) is 0 Å². The zero-order chi connectivity index (χ0) is 13.9. The van der Waals surface area contributed by atoms with E-state index in [2.05, 4.69) is 40.6 Å². The number of piperidine rings is 1. The van der Waals surface area contributed by atoms with Gasteiger partial charge >= 0.3 is 0 Å². The second-order valence-electron chi connectivity index (χ2n) is 6.52. The molecule has 2 atom stereocenters. The van der Waals surface area contributed by atoms with Gasteiger partial charge in [-0.3, -0.25) is 9.58 Å². The van der Waals surface area contributed by atoms with Gasteiger partial charge in [0.05, 0.1) is 12.2 Å². The van der Waals surface area contributed by atoms with Crippen LogP contribution in [-0.4, -0.2) is 45.1 Å². The largest absolute Gasteiger partial charge is 0.308 e. The van der Waals surface area contributed by atoms with Gasteiger partial charge in [0.25, 0.3) is 0 Å². The Hall–Kier alpha value is -0.940. The van der Waals surface area contributed by atoms with Gasteiger partial charge in [0.15, 0.2) is 0 Å². The first-order valence-corrected chi connectivity index (χ1v) is 8.09. The highest BCUT2D eigenvalue weighted by molar-refractivity contribution is 4.94. The second-order valence-corrected chi connectivity index (χ2v) is 6.52. The predicted molar refractivity (Wildman–Crippen MR) is 79.3 cm³/mol. The summed E-state index contributed by atoms with van der Waals surface area (Å²) in [5.74, 6) is 0.817. The van der Waals surface area contributed by atoms with Crippen LogP contribution in [0.2, 0.25) is 0 Å². The summed E-state index contributed by atoms with van der Waals surface area (Å²) in [4.78, 5) is 2.60. The van der Waals surface area contributed by atoms with E-state index in [0.29, 0.717) is 6.04 Å². The normalized spacial score (nSPS) is 27.9. The maximum atomic E-state index is 4.25. The van der Waals surface area contributed by atoms with Crippen molar-refractivity contribution in [2.24, 2.45) is 5.92 Å². The van der Waals surface area contributed by atoms with Gasteiger partial charge in [-0.25, -0.2) is 0 Å². The SMILES string of the molecule is CC1CCCN(CCn2cc(CNC3CC3)nn2)C1C. The zero-order valence-electron chi connectivity index (χ0n) is 12.8. The summed E-state index contributed by atoms with van der Waals surface area (Å²) in [5, 5.41) is 12.0. The molecule has 1 aromatic rings. The van der Waals surface area contributed by atoms with Crippen LogP contribution >= 0.6 is 0 Å². The third-order valence-corrected chi connectivity index (χ3v) is 4.86. The minimum atomic E-state index is 0.697. The van der Waals surface area contributed by atoms with Crippen LogP contribution in [0.5, 0.6) is 0 Å². The van der Waals surface area contributed by atoms with Gasteiger partial charge in [0.1, 0.15) is 0 Å². The first kappa shape index (κ1) is 14.0. The van der Waals surface area contributed by atoms with E-state index < -0.39 is 0 Å². The standard InChI is InChI=1S/C15H27N5/c1-12-4-3-7-19(13(12)2)8-9-20-11-15(17-18-20)10-16-14-5-6-14/h11-14,16H,3-10H2,1-2H3. The van der Waals surface area contributed by atoms with Crippen molar-refractivity contribution in [2.45, 2.75) is 64.7 Å². The molecule has 1 N–H and O–H groups in total. The van der Waals surface area contributed by atoms with Crippen molar-refractivity contribution in [1.82, 2.24) is 25.2 Å². The van der Waals surface area contributed by atoms with E-state index in [9.17, 15) is 0 Å². The molecule has 1 saturated carbocycles. The molecule has 112 valence electrons. The van der Waals surface area contributed by atoms with Crippen LogP contribution in [-0.2, 0) is 13.1 Å². The molecular formula is C15H27N5. The highest BCUT2D eigenvalue weighted by atomic mass is 15.4. The molecule has 5 heteroatoms. The molecule has 2 unspecified atom stereocenters. The Balaban J connectivity index is 1.45. The highest BCUT2D eigenvalue weighted by Gasteiger charge is 2.24. The topological polar surface area (TPSA) is 46.0 Å². The van der Waals surface area contributed by atoms with Gasteiger partial charge in [-0.05, 0) is 45.1 Å². The Morgan fingerprint density at radius 2 is 2.10 bits per heavy atom. The lowest BCUT2D eigenvalue weighted by Gasteiger charge is -2.37. The van der Waals surface area contributed by atoms with E-state index >= 15 is 0 Å². The fraction of sp³-hybridized carbons (Fsp3) is 0.867. The molecule has 2 fully saturated rings. The molecule has 0 radical (unpaired) electrons. The van der Waals surface area contributed by atoms with Crippen LogP contribution in [0.15, 0.2) is 6.20 Å². The number of aromatic nitrogens is 3. The first-order chi connectivity index (χ1) is 9.72. The van der Waals surface area contributed by atoms with Gasteiger partial charge < -0.3 is 5.32 Å². The monoisotopic (exact) mass is 277 g/mol. The van der Waals surface area contributed by atoms with Crippen LogP contribution in [0.1, 0.15) is 45.2 Å². The molecule has 0 amide bonds. The number of hydrogen-bond donors (Lipinski definition) is 1. The number of nitrogens with one attached hydrogen (secondary N) is 1. The Morgan fingerprint density at radius 3 is 2.90 bits per heavy atom. The Labute approximate surface area is 121 Å². The smallest absolute Gasteiger partial charge is 0.0964 e. The van der Waals surface area contributed by atoms with Gasteiger partial charge in [-0.1, -0.05) is 12.1 Å². The van der Waals surface area contributed by atoms with Gasteiger partial charge in [-0.15, -0.1) is 5.10 Å². The van der Waals surface area contributed by atoms with E-state index in [1.807, 2.05) is 4.68 Å². The third-order valence-electron chi connectivity index (χ3n) is 4.86. The maximum Gasteiger partial charge on any atom is 0.0964 e. The molecule has 5 nitrogen and oxygen atoms in total. The van der Waals surface area contributed by atoms with Crippen LogP contribution < -0.4 is 5.32 Å². The van der Waals surface area contributed by atoms with E-state index in [0.717, 1.165) is 37.3 Å². The van der Waals surface area contributed by atoms with Crippen molar-refractivity contribution in [3.8, 4) is 0 Å². The van der Waals surface area contributed by atoms with Crippen molar-refractivity contribution < 1.29 is 0 Å². The number of rotatable bonds is 6. The lowest BCUT2D eigenvalue weighted by atomic mass is 9.92. The van der Waals surface area contributed by atoms with Crippen LogP contribution in [0.4, 0.5) is 0 Å². The molecule has 1 aromatic heterocycles. The highest BCUT2D eigenvalue weighted by Crippen LogP contribution is 2.22. The van der Waals surface area contributed by atoms with Crippen molar-refractivity contribution in [2.75, 3.05) is 13.1 Å². The summed E-state index contributed by atoms with van der Waals surface area (Å²) in [5.41, 5.74) is 1.07. The summed E-state index contributed by atoms with van der Waals surface area (Å²) in [6, 6.07) is 1.43. The van der Waals surface area contributed by atoms with Gasteiger partial charge in [-0.2, -0.15) is 0 Å². The lowest BCUT2D eigenvalue weighted by Crippen LogP contribution is -2.43. The fourth-order valence-corrected chi connectivity index (χ4v) is 3.03. The Bertz CT molecular complexity index is 426. The van der Waals surface area contributed by atoms with E-state index in [1.165, 1.54) is 32.2 Å². The summed E-state index contributed by atoms with van der Waals surface area (Å²) in [6.45, 7) is 8.86. The van der Waals surface area contributed by atoms with Gasteiger partial charge in [0, 0.05) is 31.4 Å². The minimum absolute atomic E-state index is 0.697. The van der Waals surface area contributed by atoms with Crippen molar-refractivity contribution in [3.05, 3.63) is 11.9 Å². The Kier molecular flexibility index (Phi) is 4.36. The molecule has 0 spiro atoms. The molecule has 3 rings (SSSR count). The molecule has 1 aliphatic heterocycles. The van der Waals surface area contributed by atoms with Crippen LogP contribution in [0.25, 0.3) is 0 Å². The van der Waals surface area contributed by atoms with Crippen LogP contribution in [0, 0.1) is 5.92 Å². The molecule has 1 saturated heterocycles. The van der Waals surface area contributed by atoms with Crippen molar-refractivity contribution in [3.63, 3.8) is 0 Å². The third kappa shape index (κ3) is 3.58. The summed E-state index contributed by atoms with van der Waals surface area (Å²) in [6.07, 6.45) is 7.43. The zero-order valence-corrected chi connectivity index (χ0v) is 12.8. The van der Waals surface area contributed by atoms with Crippen molar-refractivity contribution in [1.29, 1.82) is 0 Å². The average Bonchev–Trinajstić information content (AvgIpc) is 3.17.